The molecule has 0 spiro atoms. The van der Waals surface area contributed by atoms with E-state index in [0.29, 0.717) is 11.3 Å². The van der Waals surface area contributed by atoms with E-state index in [1.165, 1.54) is 12.3 Å². The van der Waals surface area contributed by atoms with Crippen LogP contribution in [0, 0.1) is 24.0 Å². The van der Waals surface area contributed by atoms with Gasteiger partial charge in [0.1, 0.15) is 5.76 Å². The van der Waals surface area contributed by atoms with Gasteiger partial charge in [0.25, 0.3) is 5.69 Å². The van der Waals surface area contributed by atoms with Crippen LogP contribution in [0.25, 0.3) is 0 Å². The Morgan fingerprint density at radius 3 is 2.72 bits per heavy atom. The molecule has 0 unspecified atom stereocenters. The Morgan fingerprint density at radius 2 is 2.07 bits per heavy atom. The van der Waals surface area contributed by atoms with Crippen LogP contribution >= 0.6 is 0 Å². The maximum absolute atomic E-state index is 13.3. The van der Waals surface area contributed by atoms with Gasteiger partial charge in [-0.1, -0.05) is 12.1 Å². The molecule has 0 N–H and O–H groups in total. The number of pyridine rings is 1. The predicted molar refractivity (Wildman–Crippen MR) is 110 cm³/mol. The molecule has 0 saturated carbocycles. The molecule has 3 rings (SSSR count). The molecule has 0 amide bonds. The number of Topliss-reactive ketones (excluding diaryl/α,β-unsaturated/α-hetero) is 1. The molecule has 0 fully saturated rings. The van der Waals surface area contributed by atoms with E-state index in [1.54, 1.807) is 48.1 Å². The summed E-state index contributed by atoms with van der Waals surface area (Å²) in [6.45, 7) is 3.73. The SMILES string of the molecule is Cc1ccc[n+]([C@@H](C(=O)c2ccc(C)c([N+](=O)[O-])c2)C([S-])=NCc2ccco2)c1. The van der Waals surface area contributed by atoms with Crippen LogP contribution in [-0.4, -0.2) is 15.8 Å². The highest BCUT2D eigenvalue weighted by molar-refractivity contribution is 7.77. The molecule has 2 heterocycles. The van der Waals surface area contributed by atoms with Crippen LogP contribution in [0.3, 0.4) is 0 Å². The van der Waals surface area contributed by atoms with E-state index in [-0.39, 0.29) is 28.6 Å². The molecule has 148 valence electrons. The van der Waals surface area contributed by atoms with Gasteiger partial charge >= 0.3 is 0 Å². The van der Waals surface area contributed by atoms with Gasteiger partial charge in [0.2, 0.25) is 11.8 Å². The Balaban J connectivity index is 2.03. The number of hydrogen-bond acceptors (Lipinski definition) is 6. The van der Waals surface area contributed by atoms with Gasteiger partial charge in [-0.25, -0.2) is 0 Å². The zero-order valence-electron chi connectivity index (χ0n) is 15.9. The molecule has 29 heavy (non-hydrogen) atoms. The molecule has 1 atom stereocenters. The van der Waals surface area contributed by atoms with Crippen molar-refractivity contribution in [3.8, 4) is 0 Å². The van der Waals surface area contributed by atoms with Crippen LogP contribution in [0.4, 0.5) is 5.69 Å². The Hall–Kier alpha value is -3.39. The highest BCUT2D eigenvalue weighted by Crippen LogP contribution is 2.22. The van der Waals surface area contributed by atoms with Gasteiger partial charge in [0.15, 0.2) is 12.4 Å². The second kappa shape index (κ2) is 8.74. The van der Waals surface area contributed by atoms with Crippen LogP contribution in [0.5, 0.6) is 0 Å². The number of benzene rings is 1. The van der Waals surface area contributed by atoms with E-state index >= 15 is 0 Å². The quantitative estimate of drug-likeness (QED) is 0.113. The molecular weight excluding hydrogens is 390 g/mol. The number of ketones is 1. The monoisotopic (exact) mass is 409 g/mol. The van der Waals surface area contributed by atoms with Gasteiger partial charge in [-0.2, -0.15) is 4.57 Å². The lowest BCUT2D eigenvalue weighted by Gasteiger charge is -2.19. The van der Waals surface area contributed by atoms with Crippen molar-refractivity contribution in [3.63, 3.8) is 0 Å². The molecule has 0 aliphatic carbocycles. The number of nitro benzene ring substituents is 1. The number of carbonyl (C=O) groups is 1. The number of aryl methyl sites for hydroxylation is 2. The summed E-state index contributed by atoms with van der Waals surface area (Å²) in [5.41, 5.74) is 1.52. The molecule has 8 heteroatoms. The fourth-order valence-electron chi connectivity index (χ4n) is 2.91. The second-order valence-electron chi connectivity index (χ2n) is 6.59. The summed E-state index contributed by atoms with van der Waals surface area (Å²) in [5.74, 6) is 0.260. The van der Waals surface area contributed by atoms with Crippen molar-refractivity contribution in [2.24, 2.45) is 4.99 Å². The second-order valence-corrected chi connectivity index (χ2v) is 7.01. The first-order valence-electron chi connectivity index (χ1n) is 8.87. The minimum Gasteiger partial charge on any atom is -0.758 e. The molecule has 0 aliphatic heterocycles. The lowest BCUT2D eigenvalue weighted by Crippen LogP contribution is -2.48. The minimum absolute atomic E-state index is 0.109. The molecule has 0 radical (unpaired) electrons. The summed E-state index contributed by atoms with van der Waals surface area (Å²) in [6, 6.07) is 10.7. The van der Waals surface area contributed by atoms with Crippen molar-refractivity contribution >= 4 is 29.1 Å². The maximum atomic E-state index is 13.3. The van der Waals surface area contributed by atoms with Crippen LogP contribution in [0.1, 0.15) is 33.3 Å². The smallest absolute Gasteiger partial charge is 0.273 e. The topological polar surface area (TPSA) is 89.6 Å². The van der Waals surface area contributed by atoms with E-state index in [9.17, 15) is 14.9 Å². The molecule has 0 saturated heterocycles. The first-order chi connectivity index (χ1) is 13.9. The Kier molecular flexibility index (Phi) is 6.13. The normalized spacial score (nSPS) is 12.6. The van der Waals surface area contributed by atoms with E-state index in [4.69, 9.17) is 17.0 Å². The van der Waals surface area contributed by atoms with Crippen LogP contribution < -0.4 is 4.57 Å². The number of hydrogen-bond donors (Lipinski definition) is 0. The molecule has 0 bridgehead atoms. The van der Waals surface area contributed by atoms with Crippen molar-refractivity contribution in [2.75, 3.05) is 0 Å². The number of aliphatic imine (C=N–C) groups is 1. The van der Waals surface area contributed by atoms with Gasteiger partial charge in [-0.3, -0.25) is 14.9 Å². The molecular formula is C21H19N3O4S. The molecule has 0 aliphatic rings. The molecule has 7 nitrogen and oxygen atoms in total. The van der Waals surface area contributed by atoms with Gasteiger partial charge in [-0.05, 0) is 37.1 Å². The lowest BCUT2D eigenvalue weighted by atomic mass is 10.0. The summed E-state index contributed by atoms with van der Waals surface area (Å²) >= 11 is 5.48. The highest BCUT2D eigenvalue weighted by atomic mass is 32.1. The van der Waals surface area contributed by atoms with E-state index < -0.39 is 11.0 Å². The van der Waals surface area contributed by atoms with Crippen LogP contribution in [0.15, 0.2) is 70.5 Å². The predicted octanol–water partition coefficient (Wildman–Crippen LogP) is 3.66. The van der Waals surface area contributed by atoms with Crippen LogP contribution in [0.2, 0.25) is 0 Å². The number of nitrogens with zero attached hydrogens (tertiary/aromatic N) is 3. The van der Waals surface area contributed by atoms with Gasteiger partial charge in [-0.15, -0.1) is 0 Å². The van der Waals surface area contributed by atoms with E-state index in [2.05, 4.69) is 4.99 Å². The third kappa shape index (κ3) is 4.72. The summed E-state index contributed by atoms with van der Waals surface area (Å²) in [4.78, 5) is 28.5. The standard InChI is InChI=1S/C21H19N3O4S/c1-14-5-3-9-23(13-14)19(21(29)22-12-17-6-4-10-28-17)20(25)16-8-7-15(2)18(11-16)24(26)27/h3-11,13,19H,12H2,1-2H3/t19-/m0/s1. The average Bonchev–Trinajstić information content (AvgIpc) is 3.20. The van der Waals surface area contributed by atoms with Crippen molar-refractivity contribution in [1.29, 1.82) is 0 Å². The minimum atomic E-state index is -0.901. The fraction of sp³-hybridized carbons (Fsp3) is 0.190. The zero-order valence-corrected chi connectivity index (χ0v) is 16.8. The van der Waals surface area contributed by atoms with E-state index in [0.717, 1.165) is 5.56 Å². The Morgan fingerprint density at radius 1 is 1.28 bits per heavy atom. The summed E-state index contributed by atoms with van der Waals surface area (Å²) in [6.07, 6.45) is 5.06. The highest BCUT2D eigenvalue weighted by Gasteiger charge is 2.30. The third-order valence-electron chi connectivity index (χ3n) is 4.41. The Bertz CT molecular complexity index is 1080. The van der Waals surface area contributed by atoms with Crippen molar-refractivity contribution < 1.29 is 18.7 Å². The molecule has 3 aromatic rings. The number of rotatable bonds is 7. The average molecular weight is 409 g/mol. The Labute approximate surface area is 173 Å². The summed E-state index contributed by atoms with van der Waals surface area (Å²) in [7, 11) is 0. The van der Waals surface area contributed by atoms with Crippen LogP contribution in [-0.2, 0) is 19.2 Å². The number of nitro groups is 1. The zero-order chi connectivity index (χ0) is 21.0. The first kappa shape index (κ1) is 20.3. The lowest BCUT2D eigenvalue weighted by molar-refractivity contribution is -0.692. The van der Waals surface area contributed by atoms with Gasteiger partial charge in [0.05, 0.1) is 17.7 Å². The third-order valence-corrected chi connectivity index (χ3v) is 4.76. The van der Waals surface area contributed by atoms with Crippen molar-refractivity contribution in [3.05, 3.63) is 93.7 Å². The first-order valence-corrected chi connectivity index (χ1v) is 9.28. The number of furan rings is 1. The van der Waals surface area contributed by atoms with Gasteiger partial charge < -0.3 is 22.0 Å². The number of aromatic nitrogens is 1. The number of carbonyl (C=O) groups excluding carboxylic acids is 1. The fourth-order valence-corrected chi connectivity index (χ4v) is 3.21. The summed E-state index contributed by atoms with van der Waals surface area (Å²) < 4.78 is 6.95. The molecule has 1 aromatic carbocycles. The summed E-state index contributed by atoms with van der Waals surface area (Å²) in [5, 5.41) is 11.5. The maximum Gasteiger partial charge on any atom is 0.273 e. The molecule has 2 aromatic heterocycles. The van der Waals surface area contributed by atoms with Gasteiger partial charge in [0, 0.05) is 28.8 Å². The van der Waals surface area contributed by atoms with Crippen molar-refractivity contribution in [2.45, 2.75) is 26.4 Å². The largest absolute Gasteiger partial charge is 0.758 e. The van der Waals surface area contributed by atoms with Crippen molar-refractivity contribution in [1.82, 2.24) is 0 Å². The van der Waals surface area contributed by atoms with E-state index in [1.807, 2.05) is 19.1 Å².